The molecule has 0 saturated heterocycles. The number of aromatic nitrogens is 2. The molecule has 0 bridgehead atoms. The molecular weight excluding hydrogens is 716 g/mol. The highest BCUT2D eigenvalue weighted by atomic mass is 32.1. The van der Waals surface area contributed by atoms with Gasteiger partial charge in [-0.3, -0.25) is 0 Å². The fourth-order valence-electron chi connectivity index (χ4n) is 7.59. The van der Waals surface area contributed by atoms with Crippen LogP contribution in [0.2, 0.25) is 0 Å². The highest BCUT2D eigenvalue weighted by Crippen LogP contribution is 2.58. The maximum Gasteiger partial charge on any atom is 0.208 e. The van der Waals surface area contributed by atoms with Gasteiger partial charge >= 0.3 is 0 Å². The molecular formula is C43H45BN2S5. The minimum Gasteiger partial charge on any atom is -0.173 e. The van der Waals surface area contributed by atoms with E-state index in [2.05, 4.69) is 99.8 Å². The number of nitrogens with zero attached hydrogens (tertiary/aromatic N) is 2. The lowest BCUT2D eigenvalue weighted by Gasteiger charge is -2.19. The summed E-state index contributed by atoms with van der Waals surface area (Å²) in [6.07, 6.45) is 12.8. The van der Waals surface area contributed by atoms with Crippen molar-refractivity contribution in [1.82, 2.24) is 8.75 Å². The zero-order valence-electron chi connectivity index (χ0n) is 30.1. The Labute approximate surface area is 324 Å². The van der Waals surface area contributed by atoms with E-state index in [9.17, 15) is 0 Å². The van der Waals surface area contributed by atoms with Crippen LogP contribution in [0, 0.1) is 0 Å². The average Bonchev–Trinajstić information content (AvgIpc) is 3.99. The number of fused-ring (bicyclic) bond motifs is 4. The van der Waals surface area contributed by atoms with Crippen molar-refractivity contribution in [3.05, 3.63) is 94.4 Å². The quantitative estimate of drug-likeness (QED) is 0.0768. The van der Waals surface area contributed by atoms with Gasteiger partial charge in [0.15, 0.2) is 0 Å². The van der Waals surface area contributed by atoms with E-state index in [4.69, 9.17) is 8.75 Å². The molecule has 0 atom stereocenters. The summed E-state index contributed by atoms with van der Waals surface area (Å²) in [5.74, 6) is 0. The smallest absolute Gasteiger partial charge is 0.173 e. The molecule has 2 aromatic carbocycles. The van der Waals surface area contributed by atoms with Crippen molar-refractivity contribution in [2.45, 2.75) is 97.3 Å². The van der Waals surface area contributed by atoms with Crippen LogP contribution >= 0.6 is 57.1 Å². The van der Waals surface area contributed by atoms with Crippen molar-refractivity contribution in [3.8, 4) is 40.4 Å². The van der Waals surface area contributed by atoms with Crippen molar-refractivity contribution in [3.63, 3.8) is 0 Å². The topological polar surface area (TPSA) is 25.8 Å². The molecule has 1 aliphatic carbocycles. The van der Waals surface area contributed by atoms with Crippen LogP contribution < -0.4 is 10.2 Å². The monoisotopic (exact) mass is 760 g/mol. The van der Waals surface area contributed by atoms with Gasteiger partial charge in [-0.15, -0.1) is 45.3 Å². The first-order chi connectivity index (χ1) is 24.9. The third-order valence-corrected chi connectivity index (χ3v) is 16.0. The Morgan fingerprint density at radius 3 is 2.12 bits per heavy atom. The summed E-state index contributed by atoms with van der Waals surface area (Å²) in [5, 5.41) is 2.40. The highest BCUT2D eigenvalue weighted by molar-refractivity contribution is 7.28. The molecule has 0 fully saturated rings. The second kappa shape index (κ2) is 15.2. The first-order valence-electron chi connectivity index (χ1n) is 18.7. The molecule has 2 nitrogen and oxygen atoms in total. The van der Waals surface area contributed by atoms with E-state index in [0.717, 1.165) is 24.7 Å². The lowest BCUT2D eigenvalue weighted by atomic mass is 9.66. The molecule has 0 radical (unpaired) electrons. The molecule has 51 heavy (non-hydrogen) atoms. The van der Waals surface area contributed by atoms with E-state index >= 15 is 0 Å². The summed E-state index contributed by atoms with van der Waals surface area (Å²) < 4.78 is 11.4. The molecule has 8 heteroatoms. The van der Waals surface area contributed by atoms with Crippen molar-refractivity contribution in [2.24, 2.45) is 0 Å². The largest absolute Gasteiger partial charge is 0.208 e. The number of aryl methyl sites for hydroxylation is 2. The zero-order valence-corrected chi connectivity index (χ0v) is 34.2. The van der Waals surface area contributed by atoms with Gasteiger partial charge in [-0.25, -0.2) is 0 Å². The molecule has 0 saturated carbocycles. The normalized spacial score (nSPS) is 13.3. The number of rotatable bonds is 15. The molecule has 0 amide bonds. The van der Waals surface area contributed by atoms with Crippen LogP contribution in [0.1, 0.15) is 101 Å². The van der Waals surface area contributed by atoms with Gasteiger partial charge in [0, 0.05) is 40.2 Å². The zero-order chi connectivity index (χ0) is 35.0. The minimum atomic E-state index is -0.0227. The second-order valence-electron chi connectivity index (χ2n) is 14.6. The Bertz CT molecular complexity index is 2260. The maximum absolute atomic E-state index is 4.94. The van der Waals surface area contributed by atoms with E-state index < -0.39 is 0 Å². The third kappa shape index (κ3) is 6.99. The summed E-state index contributed by atoms with van der Waals surface area (Å²) in [6, 6.07) is 25.4. The van der Waals surface area contributed by atoms with Crippen molar-refractivity contribution in [1.29, 1.82) is 0 Å². The van der Waals surface area contributed by atoms with Crippen molar-refractivity contribution in [2.75, 3.05) is 0 Å². The molecule has 7 aromatic rings. The number of hydrogen-bond acceptors (Lipinski definition) is 7. The second-order valence-corrected chi connectivity index (χ2v) is 19.3. The van der Waals surface area contributed by atoms with E-state index in [0.29, 0.717) is 0 Å². The van der Waals surface area contributed by atoms with Crippen LogP contribution in [0.15, 0.2) is 72.1 Å². The Balaban J connectivity index is 1.09. The lowest BCUT2D eigenvalue weighted by Crippen LogP contribution is -2.28. The molecule has 8 rings (SSSR count). The van der Waals surface area contributed by atoms with Crippen LogP contribution in [-0.2, 0) is 18.3 Å². The van der Waals surface area contributed by atoms with Gasteiger partial charge in [0.1, 0.15) is 5.52 Å². The van der Waals surface area contributed by atoms with E-state index in [-0.39, 0.29) is 5.41 Å². The van der Waals surface area contributed by atoms with E-state index in [1.54, 1.807) is 0 Å². The summed E-state index contributed by atoms with van der Waals surface area (Å²) >= 11 is 9.16. The first kappa shape index (κ1) is 35.2. The van der Waals surface area contributed by atoms with Crippen LogP contribution in [0.5, 0.6) is 0 Å². The number of hydrogen-bond donors (Lipinski definition) is 0. The van der Waals surface area contributed by atoms with Gasteiger partial charge in [-0.1, -0.05) is 109 Å². The highest BCUT2D eigenvalue weighted by Gasteiger charge is 2.39. The molecule has 0 spiro atoms. The van der Waals surface area contributed by atoms with Crippen molar-refractivity contribution >= 4 is 85.6 Å². The molecule has 0 N–H and O–H groups in total. The molecule has 0 unspecified atom stereocenters. The van der Waals surface area contributed by atoms with Crippen LogP contribution in [0.3, 0.4) is 0 Å². The molecule has 5 aromatic heterocycles. The predicted octanol–water partition coefficient (Wildman–Crippen LogP) is 12.9. The van der Waals surface area contributed by atoms with Gasteiger partial charge < -0.3 is 0 Å². The Hall–Kier alpha value is -2.88. The van der Waals surface area contributed by atoms with E-state index in [1.807, 2.05) is 45.3 Å². The molecule has 5 heterocycles. The number of thiophene rings is 4. The first-order valence-corrected chi connectivity index (χ1v) is 22.8. The predicted molar refractivity (Wildman–Crippen MR) is 231 cm³/mol. The maximum atomic E-state index is 4.94. The van der Waals surface area contributed by atoms with Gasteiger partial charge in [0.2, 0.25) is 7.28 Å². The van der Waals surface area contributed by atoms with Crippen LogP contribution in [0.25, 0.3) is 51.4 Å². The SMILES string of the molecule is CCCCCCc1csc(-c2cc(CCCCCC)c(Bc3ccc(-c4cc5c(s4)-c4sc(-c6ccccc6)cc4C5(C)C)c4nsnc34)s2)c1. The summed E-state index contributed by atoms with van der Waals surface area (Å²) in [6.45, 7) is 9.36. The number of benzene rings is 2. The van der Waals surface area contributed by atoms with Crippen LogP contribution in [0.4, 0.5) is 0 Å². The Morgan fingerprint density at radius 1 is 0.647 bits per heavy atom. The van der Waals surface area contributed by atoms with Gasteiger partial charge in [0.05, 0.1) is 17.2 Å². The average molecular weight is 761 g/mol. The lowest BCUT2D eigenvalue weighted by molar-refractivity contribution is 0.663. The molecule has 1 aliphatic rings. The van der Waals surface area contributed by atoms with Crippen molar-refractivity contribution < 1.29 is 0 Å². The Kier molecular flexibility index (Phi) is 10.5. The minimum absolute atomic E-state index is 0.0227. The third-order valence-electron chi connectivity index (χ3n) is 10.6. The number of unbranched alkanes of at least 4 members (excludes halogenated alkanes) is 6. The van der Waals surface area contributed by atoms with Crippen LogP contribution in [-0.4, -0.2) is 16.0 Å². The van der Waals surface area contributed by atoms with Gasteiger partial charge in [-0.05, 0) is 93.4 Å². The fraction of sp³-hybridized carbons (Fsp3) is 0.349. The summed E-state index contributed by atoms with van der Waals surface area (Å²) in [4.78, 5) is 8.38. The summed E-state index contributed by atoms with van der Waals surface area (Å²) in [5.41, 5.74) is 11.9. The van der Waals surface area contributed by atoms with Gasteiger partial charge in [0.25, 0.3) is 0 Å². The standard InChI is InChI=1S/C43H45BN2S5/c1-5-7-9-12-16-27-22-36(47-26-27)37-23-29(19-13-10-8-6-2)42(50-37)44-33-21-20-30(38-39(33)46-51-45-38)35-25-32-41(49-35)40-31(43(32,3)4)24-34(48-40)28-17-14-11-15-18-28/h11,14-15,17-18,20-26,44H,5-10,12-13,16,19H2,1-4H3. The van der Waals surface area contributed by atoms with Gasteiger partial charge in [-0.2, -0.15) is 8.75 Å². The Morgan fingerprint density at radius 2 is 1.35 bits per heavy atom. The summed E-state index contributed by atoms with van der Waals surface area (Å²) in [7, 11) is 0.917. The molecule has 260 valence electrons. The van der Waals surface area contributed by atoms with E-state index in [1.165, 1.54) is 142 Å². The fourth-order valence-corrected chi connectivity index (χ4v) is 13.3. The molecule has 0 aliphatic heterocycles.